The zero-order chi connectivity index (χ0) is 17.2. The molecule has 6 heteroatoms. The first-order valence-electron chi connectivity index (χ1n) is 9.07. The fourth-order valence-electron chi connectivity index (χ4n) is 3.51. The van der Waals surface area contributed by atoms with E-state index in [4.69, 9.17) is 4.52 Å². The first kappa shape index (κ1) is 16.3. The molecule has 1 atom stereocenters. The Hall–Kier alpha value is -2.21. The smallest absolute Gasteiger partial charge is 0.245 e. The van der Waals surface area contributed by atoms with Crippen LogP contribution in [0.15, 0.2) is 34.9 Å². The Morgan fingerprint density at radius 1 is 1.24 bits per heavy atom. The standard InChI is InChI=1S/C19H24N4O2/c1-14-20-18(25-21-14)17-13-23(19(24)16-8-9-16)11-5-10-22(17)12-15-6-3-2-4-7-15/h2-4,6-7,16-17H,5,8-13H2,1H3. The molecule has 1 aromatic carbocycles. The van der Waals surface area contributed by atoms with E-state index in [2.05, 4.69) is 39.3 Å². The molecule has 2 heterocycles. The molecule has 0 N–H and O–H groups in total. The second-order valence-electron chi connectivity index (χ2n) is 7.06. The van der Waals surface area contributed by atoms with E-state index in [-0.39, 0.29) is 12.0 Å². The van der Waals surface area contributed by atoms with Crippen LogP contribution in [0.3, 0.4) is 0 Å². The number of hydrogen-bond donors (Lipinski definition) is 0. The van der Waals surface area contributed by atoms with Crippen molar-refractivity contribution in [3.8, 4) is 0 Å². The minimum Gasteiger partial charge on any atom is -0.340 e. The average molecular weight is 340 g/mol. The first-order valence-corrected chi connectivity index (χ1v) is 9.07. The van der Waals surface area contributed by atoms with Crippen LogP contribution < -0.4 is 0 Å². The summed E-state index contributed by atoms with van der Waals surface area (Å²) in [6.45, 7) is 5.00. The van der Waals surface area contributed by atoms with Crippen LogP contribution in [0.4, 0.5) is 0 Å². The first-order chi connectivity index (χ1) is 12.2. The van der Waals surface area contributed by atoms with Crippen molar-refractivity contribution in [1.82, 2.24) is 19.9 Å². The molecule has 1 saturated heterocycles. The number of hydrogen-bond acceptors (Lipinski definition) is 5. The molecule has 1 unspecified atom stereocenters. The number of carbonyl (C=O) groups is 1. The lowest BCUT2D eigenvalue weighted by Gasteiger charge is -2.29. The number of rotatable bonds is 4. The third-order valence-corrected chi connectivity index (χ3v) is 5.00. The van der Waals surface area contributed by atoms with Gasteiger partial charge in [-0.15, -0.1) is 0 Å². The van der Waals surface area contributed by atoms with Crippen molar-refractivity contribution in [2.75, 3.05) is 19.6 Å². The van der Waals surface area contributed by atoms with Crippen molar-refractivity contribution in [1.29, 1.82) is 0 Å². The predicted octanol–water partition coefficient (Wildman–Crippen LogP) is 2.56. The van der Waals surface area contributed by atoms with Crippen LogP contribution in [0.2, 0.25) is 0 Å². The Bertz CT molecular complexity index is 726. The van der Waals surface area contributed by atoms with Gasteiger partial charge in [0.05, 0.1) is 0 Å². The predicted molar refractivity (Wildman–Crippen MR) is 92.5 cm³/mol. The maximum absolute atomic E-state index is 12.6. The molecule has 2 aliphatic rings. The van der Waals surface area contributed by atoms with E-state index in [9.17, 15) is 4.79 Å². The normalized spacial score (nSPS) is 22.0. The van der Waals surface area contributed by atoms with E-state index in [1.54, 1.807) is 0 Å². The van der Waals surface area contributed by atoms with Crippen LogP contribution >= 0.6 is 0 Å². The van der Waals surface area contributed by atoms with E-state index in [1.165, 1.54) is 5.56 Å². The summed E-state index contributed by atoms with van der Waals surface area (Å²) in [5.74, 6) is 1.79. The molecule has 6 nitrogen and oxygen atoms in total. The largest absolute Gasteiger partial charge is 0.340 e. The van der Waals surface area contributed by atoms with Crippen molar-refractivity contribution in [3.63, 3.8) is 0 Å². The van der Waals surface area contributed by atoms with Crippen LogP contribution in [0.1, 0.15) is 42.6 Å². The molecule has 1 aromatic heterocycles. The topological polar surface area (TPSA) is 62.5 Å². The highest BCUT2D eigenvalue weighted by atomic mass is 16.5. The van der Waals surface area contributed by atoms with E-state index < -0.39 is 0 Å². The quantitative estimate of drug-likeness (QED) is 0.856. The summed E-state index contributed by atoms with van der Waals surface area (Å²) in [5, 5.41) is 3.97. The van der Waals surface area contributed by atoms with Gasteiger partial charge in [0, 0.05) is 32.1 Å². The van der Waals surface area contributed by atoms with Gasteiger partial charge in [-0.05, 0) is 31.7 Å². The molecule has 2 aromatic rings. The summed E-state index contributed by atoms with van der Waals surface area (Å²) >= 11 is 0. The minimum atomic E-state index is -0.0494. The number of benzene rings is 1. The highest BCUT2D eigenvalue weighted by Crippen LogP contribution is 2.33. The highest BCUT2D eigenvalue weighted by Gasteiger charge is 2.37. The van der Waals surface area contributed by atoms with Gasteiger partial charge in [-0.1, -0.05) is 35.5 Å². The molecular formula is C19H24N4O2. The van der Waals surface area contributed by atoms with Gasteiger partial charge in [0.15, 0.2) is 5.82 Å². The molecule has 1 aliphatic carbocycles. The van der Waals surface area contributed by atoms with Crippen molar-refractivity contribution >= 4 is 5.91 Å². The number of aryl methyl sites for hydroxylation is 1. The number of amides is 1. The molecule has 1 amide bonds. The summed E-state index contributed by atoms with van der Waals surface area (Å²) in [6.07, 6.45) is 3.04. The molecule has 4 rings (SSSR count). The SMILES string of the molecule is Cc1noc(C2CN(C(=O)C3CC3)CCCN2Cc2ccccc2)n1. The lowest BCUT2D eigenvalue weighted by Crippen LogP contribution is -2.38. The Balaban J connectivity index is 1.58. The van der Waals surface area contributed by atoms with Crippen LogP contribution in [0.5, 0.6) is 0 Å². The zero-order valence-corrected chi connectivity index (χ0v) is 14.6. The fraction of sp³-hybridized carbons (Fsp3) is 0.526. The zero-order valence-electron chi connectivity index (χ0n) is 14.6. The molecule has 0 radical (unpaired) electrons. The lowest BCUT2D eigenvalue weighted by atomic mass is 10.1. The average Bonchev–Trinajstić information content (AvgIpc) is 3.41. The molecule has 1 saturated carbocycles. The van der Waals surface area contributed by atoms with Gasteiger partial charge in [-0.2, -0.15) is 4.98 Å². The molecule has 132 valence electrons. The molecule has 0 spiro atoms. The Kier molecular flexibility index (Phi) is 4.53. The van der Waals surface area contributed by atoms with Gasteiger partial charge < -0.3 is 9.42 Å². The third-order valence-electron chi connectivity index (χ3n) is 5.00. The second-order valence-corrected chi connectivity index (χ2v) is 7.06. The summed E-state index contributed by atoms with van der Waals surface area (Å²) in [7, 11) is 0. The second kappa shape index (κ2) is 6.96. The number of aromatic nitrogens is 2. The van der Waals surface area contributed by atoms with Crippen LogP contribution in [-0.4, -0.2) is 45.5 Å². The van der Waals surface area contributed by atoms with Crippen molar-refractivity contribution in [3.05, 3.63) is 47.6 Å². The van der Waals surface area contributed by atoms with Crippen molar-refractivity contribution < 1.29 is 9.32 Å². The minimum absolute atomic E-state index is 0.0494. The van der Waals surface area contributed by atoms with Gasteiger partial charge in [0.2, 0.25) is 11.8 Å². The summed E-state index contributed by atoms with van der Waals surface area (Å²) in [5.41, 5.74) is 1.26. The Morgan fingerprint density at radius 2 is 2.04 bits per heavy atom. The van der Waals surface area contributed by atoms with E-state index >= 15 is 0 Å². The maximum Gasteiger partial charge on any atom is 0.245 e. The van der Waals surface area contributed by atoms with E-state index in [0.717, 1.165) is 38.9 Å². The third kappa shape index (κ3) is 3.74. The molecule has 1 aliphatic heterocycles. The van der Waals surface area contributed by atoms with Crippen LogP contribution in [0.25, 0.3) is 0 Å². The van der Waals surface area contributed by atoms with E-state index in [1.807, 2.05) is 17.9 Å². The maximum atomic E-state index is 12.6. The molecular weight excluding hydrogens is 316 g/mol. The van der Waals surface area contributed by atoms with Crippen LogP contribution in [-0.2, 0) is 11.3 Å². The van der Waals surface area contributed by atoms with Crippen molar-refractivity contribution in [2.24, 2.45) is 5.92 Å². The van der Waals surface area contributed by atoms with Gasteiger partial charge >= 0.3 is 0 Å². The summed E-state index contributed by atoms with van der Waals surface area (Å²) in [4.78, 5) is 21.4. The molecule has 25 heavy (non-hydrogen) atoms. The molecule has 2 fully saturated rings. The number of nitrogens with zero attached hydrogens (tertiary/aromatic N) is 4. The highest BCUT2D eigenvalue weighted by molar-refractivity contribution is 5.81. The lowest BCUT2D eigenvalue weighted by molar-refractivity contribution is -0.133. The Labute approximate surface area is 147 Å². The Morgan fingerprint density at radius 3 is 2.72 bits per heavy atom. The monoisotopic (exact) mass is 340 g/mol. The van der Waals surface area contributed by atoms with Crippen molar-refractivity contribution in [2.45, 2.75) is 38.8 Å². The van der Waals surface area contributed by atoms with Crippen LogP contribution in [0, 0.1) is 12.8 Å². The van der Waals surface area contributed by atoms with Gasteiger partial charge in [-0.3, -0.25) is 9.69 Å². The summed E-state index contributed by atoms with van der Waals surface area (Å²) in [6, 6.07) is 10.4. The molecule has 0 bridgehead atoms. The number of carbonyl (C=O) groups excluding carboxylic acids is 1. The van der Waals surface area contributed by atoms with Gasteiger partial charge in [0.25, 0.3) is 0 Å². The summed E-state index contributed by atoms with van der Waals surface area (Å²) < 4.78 is 5.49. The van der Waals surface area contributed by atoms with Gasteiger partial charge in [0.1, 0.15) is 6.04 Å². The fourth-order valence-corrected chi connectivity index (χ4v) is 3.51. The van der Waals surface area contributed by atoms with E-state index in [0.29, 0.717) is 24.2 Å². The van der Waals surface area contributed by atoms with Gasteiger partial charge in [-0.25, -0.2) is 0 Å².